The van der Waals surface area contributed by atoms with Crippen LogP contribution < -0.4 is 4.90 Å². The maximum absolute atomic E-state index is 5.93. The molecule has 0 N–H and O–H groups in total. The summed E-state index contributed by atoms with van der Waals surface area (Å²) in [5, 5.41) is 0.706. The summed E-state index contributed by atoms with van der Waals surface area (Å²) in [4.78, 5) is 11.4. The summed E-state index contributed by atoms with van der Waals surface area (Å²) in [5.74, 6) is 0.986. The number of rotatable bonds is 1. The van der Waals surface area contributed by atoms with E-state index < -0.39 is 0 Å². The van der Waals surface area contributed by atoms with Gasteiger partial charge in [0.25, 0.3) is 0 Å². The first kappa shape index (κ1) is 10.8. The fourth-order valence-electron chi connectivity index (χ4n) is 2.25. The van der Waals surface area contributed by atoms with E-state index in [1.165, 1.54) is 19.3 Å². The fourth-order valence-corrected chi connectivity index (χ4v) is 2.42. The maximum atomic E-state index is 5.93. The van der Waals surface area contributed by atoms with Crippen molar-refractivity contribution in [1.82, 2.24) is 9.97 Å². The first-order chi connectivity index (χ1) is 8.33. The van der Waals surface area contributed by atoms with E-state index in [4.69, 9.17) is 11.6 Å². The van der Waals surface area contributed by atoms with Crippen molar-refractivity contribution in [2.45, 2.75) is 19.3 Å². The minimum Gasteiger partial charge on any atom is -0.355 e. The number of nitrogens with zero attached hydrogens (tertiary/aromatic N) is 3. The van der Waals surface area contributed by atoms with Crippen LogP contribution in [0.2, 0.25) is 5.02 Å². The van der Waals surface area contributed by atoms with Gasteiger partial charge in [0.1, 0.15) is 5.82 Å². The zero-order valence-electron chi connectivity index (χ0n) is 9.56. The van der Waals surface area contributed by atoms with Crippen molar-refractivity contribution in [3.8, 4) is 0 Å². The normalized spacial score (nSPS) is 16.4. The second-order valence-corrected chi connectivity index (χ2v) is 4.85. The number of halogens is 1. The van der Waals surface area contributed by atoms with E-state index in [2.05, 4.69) is 14.9 Å². The molecule has 1 aromatic carbocycles. The third-order valence-electron chi connectivity index (χ3n) is 3.17. The molecule has 4 heteroatoms. The first-order valence-corrected chi connectivity index (χ1v) is 6.38. The highest BCUT2D eigenvalue weighted by atomic mass is 35.5. The van der Waals surface area contributed by atoms with Gasteiger partial charge in [-0.15, -0.1) is 0 Å². The lowest BCUT2D eigenvalue weighted by Crippen LogP contribution is -2.30. The van der Waals surface area contributed by atoms with Crippen LogP contribution in [0.15, 0.2) is 24.4 Å². The van der Waals surface area contributed by atoms with Crippen LogP contribution in [0.1, 0.15) is 19.3 Å². The van der Waals surface area contributed by atoms with Gasteiger partial charge in [-0.2, -0.15) is 0 Å². The summed E-state index contributed by atoms with van der Waals surface area (Å²) in [6.45, 7) is 2.18. The Kier molecular flexibility index (Phi) is 2.85. The van der Waals surface area contributed by atoms with Crippen LogP contribution in [0, 0.1) is 0 Å². The first-order valence-electron chi connectivity index (χ1n) is 6.00. The largest absolute Gasteiger partial charge is 0.355 e. The molecule has 0 amide bonds. The zero-order valence-corrected chi connectivity index (χ0v) is 10.3. The summed E-state index contributed by atoms with van der Waals surface area (Å²) >= 11 is 5.93. The molecule has 1 aliphatic rings. The predicted octanol–water partition coefficient (Wildman–Crippen LogP) is 3.27. The number of hydrogen-bond acceptors (Lipinski definition) is 3. The third-order valence-corrected chi connectivity index (χ3v) is 3.41. The Bertz CT molecular complexity index is 535. The standard InChI is InChI=1S/C13H14ClN3/c14-10-4-5-11-12(8-10)15-9-13(16-11)17-6-2-1-3-7-17/h4-5,8-9H,1-3,6-7H2. The van der Waals surface area contributed by atoms with E-state index in [1.54, 1.807) is 0 Å². The SMILES string of the molecule is Clc1ccc2nc(N3CCCCC3)cnc2c1. The monoisotopic (exact) mass is 247 g/mol. The van der Waals surface area contributed by atoms with Crippen LogP contribution in [0.4, 0.5) is 5.82 Å². The molecule has 0 radical (unpaired) electrons. The average molecular weight is 248 g/mol. The van der Waals surface area contributed by atoms with Crippen molar-refractivity contribution in [2.24, 2.45) is 0 Å². The zero-order chi connectivity index (χ0) is 11.7. The van der Waals surface area contributed by atoms with Crippen LogP contribution in [-0.2, 0) is 0 Å². The topological polar surface area (TPSA) is 29.0 Å². The van der Waals surface area contributed by atoms with Gasteiger partial charge in [-0.25, -0.2) is 4.98 Å². The second kappa shape index (κ2) is 4.49. The molecule has 2 aromatic rings. The number of benzene rings is 1. The lowest BCUT2D eigenvalue weighted by molar-refractivity contribution is 0.573. The quantitative estimate of drug-likeness (QED) is 0.775. The summed E-state index contributed by atoms with van der Waals surface area (Å²) in [7, 11) is 0. The minimum atomic E-state index is 0.706. The Morgan fingerprint density at radius 2 is 1.88 bits per heavy atom. The Labute approximate surface area is 105 Å². The van der Waals surface area contributed by atoms with E-state index in [0.717, 1.165) is 29.9 Å². The molecule has 3 nitrogen and oxygen atoms in total. The van der Waals surface area contributed by atoms with Gasteiger partial charge in [0.05, 0.1) is 17.2 Å². The summed E-state index contributed by atoms with van der Waals surface area (Å²) in [6.07, 6.45) is 5.68. The molecule has 1 aliphatic heterocycles. The van der Waals surface area contributed by atoms with Crippen LogP contribution in [0.3, 0.4) is 0 Å². The van der Waals surface area contributed by atoms with Gasteiger partial charge in [0.15, 0.2) is 0 Å². The van der Waals surface area contributed by atoms with Crippen LogP contribution >= 0.6 is 11.6 Å². The third kappa shape index (κ3) is 2.20. The number of fused-ring (bicyclic) bond motifs is 1. The lowest BCUT2D eigenvalue weighted by atomic mass is 10.1. The van der Waals surface area contributed by atoms with Crippen molar-refractivity contribution >= 4 is 28.5 Å². The van der Waals surface area contributed by atoms with Crippen LogP contribution in [0.25, 0.3) is 11.0 Å². The summed E-state index contributed by atoms with van der Waals surface area (Å²) in [5.41, 5.74) is 1.77. The van der Waals surface area contributed by atoms with E-state index in [-0.39, 0.29) is 0 Å². The average Bonchev–Trinajstić information content (AvgIpc) is 2.39. The molecule has 2 heterocycles. The van der Waals surface area contributed by atoms with E-state index in [1.807, 2.05) is 24.4 Å². The van der Waals surface area contributed by atoms with Crippen LogP contribution in [-0.4, -0.2) is 23.1 Å². The van der Waals surface area contributed by atoms with E-state index >= 15 is 0 Å². The molecule has 0 atom stereocenters. The highest BCUT2D eigenvalue weighted by Gasteiger charge is 2.12. The van der Waals surface area contributed by atoms with Crippen molar-refractivity contribution in [1.29, 1.82) is 0 Å². The summed E-state index contributed by atoms with van der Waals surface area (Å²) < 4.78 is 0. The van der Waals surface area contributed by atoms with Gasteiger partial charge in [-0.05, 0) is 37.5 Å². The predicted molar refractivity (Wildman–Crippen MR) is 70.6 cm³/mol. The molecule has 0 bridgehead atoms. The molecule has 0 spiro atoms. The molecule has 0 aliphatic carbocycles. The van der Waals surface area contributed by atoms with Gasteiger partial charge in [0, 0.05) is 18.1 Å². The Hall–Kier alpha value is -1.35. The van der Waals surface area contributed by atoms with Gasteiger partial charge < -0.3 is 4.90 Å². The fraction of sp³-hybridized carbons (Fsp3) is 0.385. The molecule has 88 valence electrons. The van der Waals surface area contributed by atoms with E-state index in [0.29, 0.717) is 5.02 Å². The van der Waals surface area contributed by atoms with Crippen molar-refractivity contribution in [3.05, 3.63) is 29.4 Å². The molecule has 0 unspecified atom stereocenters. The van der Waals surface area contributed by atoms with Crippen LogP contribution in [0.5, 0.6) is 0 Å². The molecule has 0 saturated carbocycles. The highest BCUT2D eigenvalue weighted by Crippen LogP contribution is 2.21. The highest BCUT2D eigenvalue weighted by molar-refractivity contribution is 6.31. The lowest BCUT2D eigenvalue weighted by Gasteiger charge is -2.27. The van der Waals surface area contributed by atoms with Gasteiger partial charge in [-0.1, -0.05) is 11.6 Å². The second-order valence-electron chi connectivity index (χ2n) is 4.41. The molecular formula is C13H14ClN3. The Balaban J connectivity index is 1.98. The number of hydrogen-bond donors (Lipinski definition) is 0. The Morgan fingerprint density at radius 1 is 1.06 bits per heavy atom. The summed E-state index contributed by atoms with van der Waals surface area (Å²) in [6, 6.07) is 5.64. The number of aromatic nitrogens is 2. The smallest absolute Gasteiger partial charge is 0.147 e. The molecule has 1 fully saturated rings. The molecule has 3 rings (SSSR count). The van der Waals surface area contributed by atoms with E-state index in [9.17, 15) is 0 Å². The minimum absolute atomic E-state index is 0.706. The van der Waals surface area contributed by atoms with Crippen molar-refractivity contribution in [2.75, 3.05) is 18.0 Å². The van der Waals surface area contributed by atoms with Gasteiger partial charge in [0.2, 0.25) is 0 Å². The van der Waals surface area contributed by atoms with Gasteiger partial charge >= 0.3 is 0 Å². The van der Waals surface area contributed by atoms with Gasteiger partial charge in [-0.3, -0.25) is 4.98 Å². The van der Waals surface area contributed by atoms with Crippen molar-refractivity contribution < 1.29 is 0 Å². The Morgan fingerprint density at radius 3 is 2.71 bits per heavy atom. The maximum Gasteiger partial charge on any atom is 0.147 e. The molecule has 1 saturated heterocycles. The number of anilines is 1. The number of piperidine rings is 1. The molecule has 17 heavy (non-hydrogen) atoms. The molecular weight excluding hydrogens is 234 g/mol. The molecule has 1 aromatic heterocycles. The van der Waals surface area contributed by atoms with Crippen molar-refractivity contribution in [3.63, 3.8) is 0 Å².